The molecule has 0 radical (unpaired) electrons. The van der Waals surface area contributed by atoms with Gasteiger partial charge in [-0.15, -0.1) is 0 Å². The first-order chi connectivity index (χ1) is 6.93. The second-order valence-electron chi connectivity index (χ2n) is 4.98. The van der Waals surface area contributed by atoms with Crippen LogP contribution in [-0.2, 0) is 4.79 Å². The van der Waals surface area contributed by atoms with Crippen LogP contribution < -0.4 is 5.73 Å². The van der Waals surface area contributed by atoms with Crippen LogP contribution >= 0.6 is 0 Å². The van der Waals surface area contributed by atoms with Crippen LogP contribution in [0, 0.1) is 17.8 Å². The van der Waals surface area contributed by atoms with Gasteiger partial charge in [0.05, 0.1) is 6.10 Å². The van der Waals surface area contributed by atoms with Gasteiger partial charge in [0.2, 0.25) is 0 Å². The highest BCUT2D eigenvalue weighted by Gasteiger charge is 2.48. The highest BCUT2D eigenvalue weighted by Crippen LogP contribution is 2.46. The third-order valence-electron chi connectivity index (χ3n) is 3.81. The summed E-state index contributed by atoms with van der Waals surface area (Å²) in [6.07, 6.45) is 5.18. The number of allylic oxidation sites excluding steroid dienone is 2. The minimum absolute atomic E-state index is 0.00565. The summed E-state index contributed by atoms with van der Waals surface area (Å²) in [5.41, 5.74) is 4.10. The van der Waals surface area contributed by atoms with Crippen LogP contribution in [0.15, 0.2) is 12.2 Å². The van der Waals surface area contributed by atoms with Crippen LogP contribution in [0.25, 0.3) is 0 Å². The van der Waals surface area contributed by atoms with Crippen molar-refractivity contribution in [2.75, 3.05) is 0 Å². The molecule has 0 aromatic carbocycles. The van der Waals surface area contributed by atoms with E-state index < -0.39 is 17.6 Å². The van der Waals surface area contributed by atoms with Crippen molar-refractivity contribution in [3.05, 3.63) is 12.2 Å². The van der Waals surface area contributed by atoms with Crippen molar-refractivity contribution < 1.29 is 15.0 Å². The second-order valence-corrected chi connectivity index (χ2v) is 4.98. The van der Waals surface area contributed by atoms with Crippen LogP contribution in [0.2, 0.25) is 0 Å². The number of nitrogens with two attached hydrogens (primary N) is 1. The lowest BCUT2D eigenvalue weighted by Crippen LogP contribution is -2.58. The fraction of sp³-hybridized carbons (Fsp3) is 0.727. The molecule has 2 rings (SSSR count). The lowest BCUT2D eigenvalue weighted by atomic mass is 9.79. The van der Waals surface area contributed by atoms with Gasteiger partial charge in [0.15, 0.2) is 0 Å². The normalized spacial score (nSPS) is 39.0. The van der Waals surface area contributed by atoms with Crippen molar-refractivity contribution in [3.63, 3.8) is 0 Å². The van der Waals surface area contributed by atoms with E-state index in [1.165, 1.54) is 6.92 Å². The fourth-order valence-corrected chi connectivity index (χ4v) is 2.76. The highest BCUT2D eigenvalue weighted by atomic mass is 16.4. The molecule has 0 amide bonds. The van der Waals surface area contributed by atoms with Gasteiger partial charge in [-0.3, -0.25) is 4.79 Å². The smallest absolute Gasteiger partial charge is 0.326 e. The van der Waals surface area contributed by atoms with Gasteiger partial charge < -0.3 is 15.9 Å². The van der Waals surface area contributed by atoms with Crippen molar-refractivity contribution >= 4 is 5.97 Å². The maximum absolute atomic E-state index is 10.9. The van der Waals surface area contributed by atoms with Crippen molar-refractivity contribution in [1.29, 1.82) is 0 Å². The van der Waals surface area contributed by atoms with Gasteiger partial charge in [-0.25, -0.2) is 0 Å². The average Bonchev–Trinajstić information content (AvgIpc) is 2.76. The summed E-state index contributed by atoms with van der Waals surface area (Å²) >= 11 is 0. The molecule has 4 heteroatoms. The summed E-state index contributed by atoms with van der Waals surface area (Å²) in [7, 11) is 0. The molecule has 0 aliphatic heterocycles. The zero-order chi connectivity index (χ0) is 11.2. The second kappa shape index (κ2) is 3.32. The van der Waals surface area contributed by atoms with Crippen LogP contribution in [0.4, 0.5) is 0 Å². The summed E-state index contributed by atoms with van der Waals surface area (Å²) in [5, 5.41) is 19.0. The zero-order valence-electron chi connectivity index (χ0n) is 8.76. The molecule has 84 valence electrons. The van der Waals surface area contributed by atoms with Crippen LogP contribution in [0.3, 0.4) is 0 Å². The maximum Gasteiger partial charge on any atom is 0.326 e. The molecule has 0 aromatic rings. The Morgan fingerprint density at radius 1 is 1.53 bits per heavy atom. The summed E-state index contributed by atoms with van der Waals surface area (Å²) in [4.78, 5) is 10.9. The standard InChI is InChI=1S/C11H17NO3/c1-11(12,10(14)15)9(13)8-5-6-2-3-7(8)4-6/h2-3,6-9,13H,4-5,12H2,1H3,(H,14,15)/t6?,7?,8?,9-,11-/m0/s1. The van der Waals surface area contributed by atoms with Gasteiger partial charge in [-0.1, -0.05) is 12.2 Å². The number of rotatable bonds is 3. The number of aliphatic hydroxyl groups excluding tert-OH is 1. The van der Waals surface area contributed by atoms with Gasteiger partial charge in [-0.2, -0.15) is 0 Å². The molecule has 0 aromatic heterocycles. The first-order valence-corrected chi connectivity index (χ1v) is 5.31. The van der Waals surface area contributed by atoms with Crippen LogP contribution in [-0.4, -0.2) is 27.8 Å². The molecule has 0 saturated heterocycles. The Bertz CT molecular complexity index is 311. The Labute approximate surface area is 88.8 Å². The molecule has 2 aliphatic carbocycles. The van der Waals surface area contributed by atoms with Crippen molar-refractivity contribution in [1.82, 2.24) is 0 Å². The molecule has 4 nitrogen and oxygen atoms in total. The monoisotopic (exact) mass is 211 g/mol. The Morgan fingerprint density at radius 3 is 2.60 bits per heavy atom. The van der Waals surface area contributed by atoms with Gasteiger partial charge in [0.25, 0.3) is 0 Å². The summed E-state index contributed by atoms with van der Waals surface area (Å²) in [5.74, 6) is -0.306. The van der Waals surface area contributed by atoms with Gasteiger partial charge in [0.1, 0.15) is 5.54 Å². The predicted molar refractivity (Wildman–Crippen MR) is 55.1 cm³/mol. The van der Waals surface area contributed by atoms with E-state index in [1.807, 2.05) is 0 Å². The van der Waals surface area contributed by atoms with Gasteiger partial charge in [0, 0.05) is 0 Å². The summed E-state index contributed by atoms with van der Waals surface area (Å²) in [6.45, 7) is 1.38. The molecule has 3 unspecified atom stereocenters. The number of aliphatic carboxylic acids is 1. The lowest BCUT2D eigenvalue weighted by Gasteiger charge is -2.33. The number of carboxylic acids is 1. The van der Waals surface area contributed by atoms with Crippen molar-refractivity contribution in [2.45, 2.75) is 31.4 Å². The van der Waals surface area contributed by atoms with E-state index in [2.05, 4.69) is 12.2 Å². The van der Waals surface area contributed by atoms with Crippen molar-refractivity contribution in [3.8, 4) is 0 Å². The predicted octanol–water partition coefficient (Wildman–Crippen LogP) is 0.362. The molecule has 1 fully saturated rings. The minimum atomic E-state index is -1.54. The van der Waals surface area contributed by atoms with E-state index in [1.54, 1.807) is 0 Å². The number of fused-ring (bicyclic) bond motifs is 2. The topological polar surface area (TPSA) is 83.6 Å². The van der Waals surface area contributed by atoms with Gasteiger partial charge in [-0.05, 0) is 37.5 Å². The third kappa shape index (κ3) is 1.58. The molecule has 2 bridgehead atoms. The maximum atomic E-state index is 10.9. The van der Waals surface area contributed by atoms with E-state index in [9.17, 15) is 9.90 Å². The average molecular weight is 211 g/mol. The molecular weight excluding hydrogens is 194 g/mol. The molecule has 5 atom stereocenters. The first-order valence-electron chi connectivity index (χ1n) is 5.31. The molecular formula is C11H17NO3. The molecule has 4 N–H and O–H groups in total. The van der Waals surface area contributed by atoms with E-state index in [0.29, 0.717) is 11.8 Å². The molecule has 2 aliphatic rings. The number of carbonyl (C=O) groups is 1. The molecule has 15 heavy (non-hydrogen) atoms. The van der Waals surface area contributed by atoms with E-state index in [-0.39, 0.29) is 5.92 Å². The molecule has 0 spiro atoms. The van der Waals surface area contributed by atoms with E-state index in [4.69, 9.17) is 10.8 Å². The number of hydrogen-bond acceptors (Lipinski definition) is 3. The minimum Gasteiger partial charge on any atom is -0.480 e. The fourth-order valence-electron chi connectivity index (χ4n) is 2.76. The van der Waals surface area contributed by atoms with E-state index >= 15 is 0 Å². The Morgan fingerprint density at radius 2 is 2.20 bits per heavy atom. The van der Waals surface area contributed by atoms with E-state index in [0.717, 1.165) is 12.8 Å². The van der Waals surface area contributed by atoms with Crippen LogP contribution in [0.5, 0.6) is 0 Å². The number of hydrogen-bond donors (Lipinski definition) is 3. The van der Waals surface area contributed by atoms with Gasteiger partial charge >= 0.3 is 5.97 Å². The van der Waals surface area contributed by atoms with Crippen LogP contribution in [0.1, 0.15) is 19.8 Å². The lowest BCUT2D eigenvalue weighted by molar-refractivity contribution is -0.149. The van der Waals surface area contributed by atoms with Crippen molar-refractivity contribution in [2.24, 2.45) is 23.5 Å². The zero-order valence-corrected chi connectivity index (χ0v) is 8.76. The quantitative estimate of drug-likeness (QED) is 0.589. The first kappa shape index (κ1) is 10.6. The Kier molecular flexibility index (Phi) is 2.35. The molecule has 1 saturated carbocycles. The number of carboxylic acid groups (broad SMARTS) is 1. The SMILES string of the molecule is C[C@@](N)(C(=O)O)[C@@H](O)C1CC2C=CC1C2. The highest BCUT2D eigenvalue weighted by molar-refractivity contribution is 5.78. The Balaban J connectivity index is 2.12. The summed E-state index contributed by atoms with van der Waals surface area (Å²) in [6, 6.07) is 0. The number of aliphatic hydroxyl groups is 1. The molecule has 0 heterocycles. The largest absolute Gasteiger partial charge is 0.480 e. The third-order valence-corrected chi connectivity index (χ3v) is 3.81. The Hall–Kier alpha value is -0.870. The summed E-state index contributed by atoms with van der Waals surface area (Å²) < 4.78 is 0.